The third-order valence-electron chi connectivity index (χ3n) is 5.21. The molecule has 0 atom stereocenters. The molecule has 1 aromatic rings. The van der Waals surface area contributed by atoms with E-state index in [1.165, 1.54) is 94.9 Å². The zero-order valence-corrected chi connectivity index (χ0v) is 19.6. The van der Waals surface area contributed by atoms with E-state index in [2.05, 4.69) is 66.1 Å². The molecular weight excluding hydrogens is 387 g/mol. The van der Waals surface area contributed by atoms with E-state index < -0.39 is 5.31 Å². The maximum absolute atomic E-state index is 4.18. The fourth-order valence-electron chi connectivity index (χ4n) is 3.67. The van der Waals surface area contributed by atoms with Crippen molar-refractivity contribution in [2.75, 3.05) is 19.5 Å². The van der Waals surface area contributed by atoms with E-state index in [1.807, 2.05) is 0 Å². The van der Waals surface area contributed by atoms with Crippen LogP contribution in [0, 0.1) is 0 Å². The molecule has 25 heavy (non-hydrogen) atoms. The van der Waals surface area contributed by atoms with E-state index in [1.54, 1.807) is 0 Å². The maximum atomic E-state index is 4.18. The molecule has 0 saturated carbocycles. The first-order valence-corrected chi connectivity index (χ1v) is 16.2. The molecule has 0 amide bonds. The zero-order valence-electron chi connectivity index (χ0n) is 17.1. The number of halogens is 1. The average Bonchev–Trinajstić information content (AvgIpc) is 2.56. The molecule has 1 rings (SSSR count). The quantitative estimate of drug-likeness (QED) is 0.193. The fraction of sp³-hybridized carbons (Fsp3) is 0.739. The molecule has 0 N–H and O–H groups in total. The molecule has 0 aliphatic heterocycles. The summed E-state index contributed by atoms with van der Waals surface area (Å²) in [6.07, 6.45) is 19.8. The molecule has 1 aromatic carbocycles. The molecule has 0 nitrogen and oxygen atoms in total. The van der Waals surface area contributed by atoms with Gasteiger partial charge >= 0.3 is 153 Å². The van der Waals surface area contributed by atoms with Crippen LogP contribution in [0.2, 0.25) is 0 Å². The van der Waals surface area contributed by atoms with Crippen molar-refractivity contribution in [3.8, 4) is 0 Å². The minimum absolute atomic E-state index is 1.23. The van der Waals surface area contributed by atoms with Crippen LogP contribution < -0.4 is 0 Å². The molecule has 0 saturated heterocycles. The van der Waals surface area contributed by atoms with Crippen LogP contribution in [0.3, 0.4) is 0 Å². The minimum atomic E-state index is -1.70. The van der Waals surface area contributed by atoms with Gasteiger partial charge in [-0.25, -0.2) is 0 Å². The van der Waals surface area contributed by atoms with Crippen molar-refractivity contribution in [1.82, 2.24) is 0 Å². The number of hydrogen-bond acceptors (Lipinski definition) is 0. The standard InChI is InChI=1S/C23H42BrP/c1-4-5-6-7-8-9-10-11-12-13-14-18-21-25(2,3,24)22-23-19-16-15-17-20-23/h15-17,19-20H,4-14,18,21-22H2,1-3H3. The van der Waals surface area contributed by atoms with Gasteiger partial charge in [-0.1, -0.05) is 13.3 Å². The molecule has 2 heteroatoms. The predicted octanol–water partition coefficient (Wildman–Crippen LogP) is 9.01. The number of benzene rings is 1. The van der Waals surface area contributed by atoms with Crippen LogP contribution in [0.5, 0.6) is 0 Å². The van der Waals surface area contributed by atoms with Gasteiger partial charge in [0.25, 0.3) is 0 Å². The van der Waals surface area contributed by atoms with E-state index in [0.717, 1.165) is 0 Å². The van der Waals surface area contributed by atoms with Crippen molar-refractivity contribution in [2.45, 2.75) is 90.1 Å². The summed E-state index contributed by atoms with van der Waals surface area (Å²) in [6.45, 7) is 7.29. The van der Waals surface area contributed by atoms with E-state index in [0.29, 0.717) is 0 Å². The summed E-state index contributed by atoms with van der Waals surface area (Å²) in [5.74, 6) is 0. The van der Waals surface area contributed by atoms with Crippen molar-refractivity contribution in [2.24, 2.45) is 0 Å². The van der Waals surface area contributed by atoms with Crippen LogP contribution in [-0.2, 0) is 6.16 Å². The Morgan fingerprint density at radius 3 is 1.60 bits per heavy atom. The monoisotopic (exact) mass is 428 g/mol. The van der Waals surface area contributed by atoms with Gasteiger partial charge in [-0.05, 0) is 0 Å². The molecule has 0 unspecified atom stereocenters. The van der Waals surface area contributed by atoms with E-state index in [-0.39, 0.29) is 0 Å². The van der Waals surface area contributed by atoms with Gasteiger partial charge in [-0.2, -0.15) is 0 Å². The summed E-state index contributed by atoms with van der Waals surface area (Å²) in [4.78, 5) is 0. The van der Waals surface area contributed by atoms with Crippen molar-refractivity contribution in [3.63, 3.8) is 0 Å². The Labute approximate surface area is 166 Å². The Morgan fingerprint density at radius 2 is 1.12 bits per heavy atom. The number of hydrogen-bond donors (Lipinski definition) is 0. The van der Waals surface area contributed by atoms with Gasteiger partial charge in [-0.15, -0.1) is 0 Å². The van der Waals surface area contributed by atoms with Crippen LogP contribution in [-0.4, -0.2) is 19.5 Å². The third kappa shape index (κ3) is 13.0. The summed E-state index contributed by atoms with van der Waals surface area (Å²) in [7, 11) is 0. The molecule has 0 spiro atoms. The van der Waals surface area contributed by atoms with Crippen LogP contribution >= 0.6 is 20.8 Å². The van der Waals surface area contributed by atoms with Crippen molar-refractivity contribution >= 4 is 20.8 Å². The van der Waals surface area contributed by atoms with Gasteiger partial charge in [0, 0.05) is 0 Å². The van der Waals surface area contributed by atoms with Crippen molar-refractivity contribution in [3.05, 3.63) is 35.9 Å². The summed E-state index contributed by atoms with van der Waals surface area (Å²) in [5.41, 5.74) is 1.49. The van der Waals surface area contributed by atoms with Crippen LogP contribution in [0.4, 0.5) is 0 Å². The first-order chi connectivity index (χ1) is 11.9. The second-order valence-electron chi connectivity index (χ2n) is 8.77. The normalized spacial score (nSPS) is 13.5. The van der Waals surface area contributed by atoms with Gasteiger partial charge in [-0.3, -0.25) is 0 Å². The van der Waals surface area contributed by atoms with E-state index in [4.69, 9.17) is 0 Å². The van der Waals surface area contributed by atoms with Gasteiger partial charge < -0.3 is 0 Å². The van der Waals surface area contributed by atoms with Crippen molar-refractivity contribution in [1.29, 1.82) is 0 Å². The molecule has 0 radical (unpaired) electrons. The SMILES string of the molecule is CCCCCCCCCCCCCCP(C)(C)(Br)Cc1ccccc1. The van der Waals surface area contributed by atoms with Gasteiger partial charge in [0.2, 0.25) is 0 Å². The molecule has 0 bridgehead atoms. The van der Waals surface area contributed by atoms with Crippen LogP contribution in [0.1, 0.15) is 89.5 Å². The molecule has 146 valence electrons. The molecule has 0 aromatic heterocycles. The second kappa shape index (κ2) is 12.5. The topological polar surface area (TPSA) is 0 Å². The predicted molar refractivity (Wildman–Crippen MR) is 124 cm³/mol. The first-order valence-electron chi connectivity index (χ1n) is 10.7. The van der Waals surface area contributed by atoms with Gasteiger partial charge in [0.15, 0.2) is 0 Å². The Balaban J connectivity index is 2.03. The second-order valence-corrected chi connectivity index (χ2v) is 21.8. The van der Waals surface area contributed by atoms with Gasteiger partial charge in [0.05, 0.1) is 0 Å². The first kappa shape index (κ1) is 23.2. The number of rotatable bonds is 15. The molecule has 0 heterocycles. The Bertz CT molecular complexity index is 432. The van der Waals surface area contributed by atoms with E-state index >= 15 is 0 Å². The van der Waals surface area contributed by atoms with Crippen LogP contribution in [0.25, 0.3) is 0 Å². The van der Waals surface area contributed by atoms with Gasteiger partial charge in [0.1, 0.15) is 0 Å². The Hall–Kier alpha value is 0.130. The Morgan fingerprint density at radius 1 is 0.680 bits per heavy atom. The zero-order chi connectivity index (χ0) is 18.5. The van der Waals surface area contributed by atoms with E-state index in [9.17, 15) is 0 Å². The summed E-state index contributed by atoms with van der Waals surface area (Å²) in [5, 5.41) is -1.70. The third-order valence-corrected chi connectivity index (χ3v) is 10.1. The fourth-order valence-corrected chi connectivity index (χ4v) is 7.98. The summed E-state index contributed by atoms with van der Waals surface area (Å²) >= 11 is 4.18. The molecule has 0 aliphatic rings. The summed E-state index contributed by atoms with van der Waals surface area (Å²) < 4.78 is 0. The van der Waals surface area contributed by atoms with Crippen LogP contribution in [0.15, 0.2) is 30.3 Å². The average molecular weight is 429 g/mol. The van der Waals surface area contributed by atoms with Crippen molar-refractivity contribution < 1.29 is 0 Å². The molecule has 0 fully saturated rings. The number of unbranched alkanes of at least 4 members (excludes halogenated alkanes) is 11. The summed E-state index contributed by atoms with van der Waals surface area (Å²) in [6, 6.07) is 11.0. The Kier molecular flexibility index (Phi) is 11.6. The molecular formula is C23H42BrP. The molecule has 0 aliphatic carbocycles.